The number of hydrogen-bond donors (Lipinski definition) is 1. The van der Waals surface area contributed by atoms with Crippen molar-refractivity contribution < 1.29 is 17.2 Å². The molecule has 2 aromatic rings. The van der Waals surface area contributed by atoms with Gasteiger partial charge in [-0.3, -0.25) is 0 Å². The van der Waals surface area contributed by atoms with Gasteiger partial charge in [-0.05, 0) is 29.8 Å². The maximum Gasteiger partial charge on any atom is 0.243 e. The molecular weight excluding hydrogens is 308 g/mol. The zero-order chi connectivity index (χ0) is 14.8. The van der Waals surface area contributed by atoms with E-state index in [1.807, 2.05) is 0 Å². The van der Waals surface area contributed by atoms with Crippen LogP contribution in [0.25, 0.3) is 0 Å². The van der Waals surface area contributed by atoms with Gasteiger partial charge in [-0.2, -0.15) is 0 Å². The Morgan fingerprint density at radius 2 is 1.80 bits per heavy atom. The topological polar surface area (TPSA) is 46.2 Å². The van der Waals surface area contributed by atoms with Crippen molar-refractivity contribution in [3.8, 4) is 0 Å². The molecule has 0 saturated heterocycles. The first kappa shape index (κ1) is 14.9. The van der Waals surface area contributed by atoms with Crippen LogP contribution in [0.1, 0.15) is 5.56 Å². The van der Waals surface area contributed by atoms with Gasteiger partial charge in [0, 0.05) is 11.6 Å². The van der Waals surface area contributed by atoms with Gasteiger partial charge in [0.15, 0.2) is 0 Å². The zero-order valence-corrected chi connectivity index (χ0v) is 11.7. The predicted molar refractivity (Wildman–Crippen MR) is 71.8 cm³/mol. The van der Waals surface area contributed by atoms with Crippen LogP contribution in [-0.4, -0.2) is 8.42 Å². The summed E-state index contributed by atoms with van der Waals surface area (Å²) in [6, 6.07) is 8.87. The molecule has 0 aliphatic rings. The minimum Gasteiger partial charge on any atom is -0.207 e. The van der Waals surface area contributed by atoms with E-state index in [1.165, 1.54) is 0 Å². The van der Waals surface area contributed by atoms with E-state index in [0.717, 1.165) is 12.1 Å². The summed E-state index contributed by atoms with van der Waals surface area (Å²) in [6.45, 7) is -0.113. The Hall–Kier alpha value is -1.50. The average molecular weight is 318 g/mol. The Bertz CT molecular complexity index is 735. The molecule has 0 heterocycles. The molecule has 0 fully saturated rings. The molecule has 3 nitrogen and oxygen atoms in total. The van der Waals surface area contributed by atoms with Crippen molar-refractivity contribution in [2.24, 2.45) is 0 Å². The first-order valence-corrected chi connectivity index (χ1v) is 7.44. The molecule has 0 amide bonds. The van der Waals surface area contributed by atoms with Crippen molar-refractivity contribution in [3.63, 3.8) is 0 Å². The van der Waals surface area contributed by atoms with Crippen LogP contribution in [0.2, 0.25) is 5.02 Å². The van der Waals surface area contributed by atoms with E-state index in [4.69, 9.17) is 11.6 Å². The van der Waals surface area contributed by atoms with Gasteiger partial charge in [0.2, 0.25) is 10.0 Å². The van der Waals surface area contributed by atoms with Gasteiger partial charge < -0.3 is 0 Å². The molecule has 0 radical (unpaired) electrons. The van der Waals surface area contributed by atoms with Crippen molar-refractivity contribution in [2.45, 2.75) is 11.4 Å². The van der Waals surface area contributed by atoms with Crippen LogP contribution in [0.15, 0.2) is 47.4 Å². The summed E-state index contributed by atoms with van der Waals surface area (Å²) in [5, 5.41) is 0.384. The Labute approximate surface area is 120 Å². The van der Waals surface area contributed by atoms with Crippen LogP contribution < -0.4 is 4.72 Å². The second-order valence-electron chi connectivity index (χ2n) is 3.99. The van der Waals surface area contributed by atoms with Gasteiger partial charge in [0.05, 0.1) is 0 Å². The zero-order valence-electron chi connectivity index (χ0n) is 10.1. The van der Waals surface area contributed by atoms with Crippen LogP contribution in [0.4, 0.5) is 8.78 Å². The molecule has 0 aromatic heterocycles. The predicted octanol–water partition coefficient (Wildman–Crippen LogP) is 3.10. The highest BCUT2D eigenvalue weighted by Gasteiger charge is 2.19. The second kappa shape index (κ2) is 5.87. The lowest BCUT2D eigenvalue weighted by Crippen LogP contribution is -2.24. The molecule has 0 atom stereocenters. The number of hydrogen-bond acceptors (Lipinski definition) is 2. The van der Waals surface area contributed by atoms with Crippen molar-refractivity contribution in [2.75, 3.05) is 0 Å². The van der Waals surface area contributed by atoms with Gasteiger partial charge in [0.25, 0.3) is 0 Å². The van der Waals surface area contributed by atoms with Crippen molar-refractivity contribution in [1.82, 2.24) is 4.72 Å². The fourth-order valence-corrected chi connectivity index (χ4v) is 2.87. The van der Waals surface area contributed by atoms with Gasteiger partial charge in [-0.25, -0.2) is 21.9 Å². The van der Waals surface area contributed by atoms with Crippen LogP contribution in [0.3, 0.4) is 0 Å². The summed E-state index contributed by atoms with van der Waals surface area (Å²) in [7, 11) is -4.15. The van der Waals surface area contributed by atoms with Crippen molar-refractivity contribution in [3.05, 3.63) is 64.7 Å². The number of rotatable bonds is 4. The lowest BCUT2D eigenvalue weighted by atomic mass is 10.2. The van der Waals surface area contributed by atoms with E-state index in [9.17, 15) is 17.2 Å². The number of benzene rings is 2. The number of sulfonamides is 1. The molecule has 2 aromatic carbocycles. The fourth-order valence-electron chi connectivity index (χ4n) is 1.58. The molecule has 0 saturated carbocycles. The average Bonchev–Trinajstić information content (AvgIpc) is 2.40. The van der Waals surface area contributed by atoms with Crippen molar-refractivity contribution >= 4 is 21.6 Å². The Morgan fingerprint density at radius 3 is 2.50 bits per heavy atom. The monoisotopic (exact) mass is 317 g/mol. The quantitative estimate of drug-likeness (QED) is 0.942. The molecule has 2 rings (SSSR count). The second-order valence-corrected chi connectivity index (χ2v) is 6.13. The maximum absolute atomic E-state index is 13.5. The summed E-state index contributed by atoms with van der Waals surface area (Å²) in [6.07, 6.45) is 0. The van der Waals surface area contributed by atoms with Crippen LogP contribution in [0.5, 0.6) is 0 Å². The summed E-state index contributed by atoms with van der Waals surface area (Å²) >= 11 is 5.89. The highest BCUT2D eigenvalue weighted by Crippen LogP contribution is 2.18. The van der Waals surface area contributed by atoms with Gasteiger partial charge in [0.1, 0.15) is 16.5 Å². The van der Waals surface area contributed by atoms with Crippen molar-refractivity contribution in [1.29, 1.82) is 0 Å². The van der Waals surface area contributed by atoms with E-state index in [2.05, 4.69) is 4.72 Å². The molecule has 20 heavy (non-hydrogen) atoms. The Morgan fingerprint density at radius 1 is 1.10 bits per heavy atom. The smallest absolute Gasteiger partial charge is 0.207 e. The van der Waals surface area contributed by atoms with E-state index < -0.39 is 26.6 Å². The van der Waals surface area contributed by atoms with E-state index in [0.29, 0.717) is 16.7 Å². The molecule has 0 bridgehead atoms. The summed E-state index contributed by atoms with van der Waals surface area (Å²) in [5.74, 6) is -1.84. The molecule has 0 aliphatic heterocycles. The molecule has 106 valence electrons. The molecular formula is C13H10ClF2NO2S. The number of nitrogens with one attached hydrogen (secondary N) is 1. The van der Waals surface area contributed by atoms with E-state index in [-0.39, 0.29) is 6.54 Å². The Kier molecular flexibility index (Phi) is 4.37. The lowest BCUT2D eigenvalue weighted by Gasteiger charge is -2.09. The fraction of sp³-hybridized carbons (Fsp3) is 0.0769. The number of halogens is 3. The minimum absolute atomic E-state index is 0.113. The Balaban J connectivity index is 2.24. The van der Waals surface area contributed by atoms with Crippen LogP contribution in [-0.2, 0) is 16.6 Å². The molecule has 0 unspecified atom stereocenters. The van der Waals surface area contributed by atoms with Gasteiger partial charge in [-0.1, -0.05) is 29.8 Å². The third-order valence-electron chi connectivity index (χ3n) is 2.59. The summed E-state index contributed by atoms with van der Waals surface area (Å²) in [4.78, 5) is -0.732. The molecule has 0 spiro atoms. The summed E-state index contributed by atoms with van der Waals surface area (Å²) in [5.41, 5.74) is 0.537. The summed E-state index contributed by atoms with van der Waals surface area (Å²) < 4.78 is 52.5. The SMILES string of the molecule is O=S(=O)(NCc1ccccc1Cl)c1cc(F)ccc1F. The molecule has 7 heteroatoms. The molecule has 0 aliphatic carbocycles. The maximum atomic E-state index is 13.5. The third kappa shape index (κ3) is 3.33. The first-order chi connectivity index (χ1) is 9.40. The molecule has 1 N–H and O–H groups in total. The third-order valence-corrected chi connectivity index (χ3v) is 4.38. The van der Waals surface area contributed by atoms with Gasteiger partial charge in [-0.15, -0.1) is 0 Å². The standard InChI is InChI=1S/C13H10ClF2NO2S/c14-11-4-2-1-3-9(11)8-17-20(18,19)13-7-10(15)5-6-12(13)16/h1-7,17H,8H2. The minimum atomic E-state index is -4.15. The van der Waals surface area contributed by atoms with Crippen LogP contribution in [0, 0.1) is 11.6 Å². The lowest BCUT2D eigenvalue weighted by molar-refractivity contribution is 0.545. The highest BCUT2D eigenvalue weighted by atomic mass is 35.5. The highest BCUT2D eigenvalue weighted by molar-refractivity contribution is 7.89. The van der Waals surface area contributed by atoms with E-state index >= 15 is 0 Å². The van der Waals surface area contributed by atoms with E-state index in [1.54, 1.807) is 24.3 Å². The normalized spacial score (nSPS) is 11.6. The van der Waals surface area contributed by atoms with Gasteiger partial charge >= 0.3 is 0 Å². The van der Waals surface area contributed by atoms with Crippen LogP contribution >= 0.6 is 11.6 Å². The largest absolute Gasteiger partial charge is 0.243 e. The first-order valence-electron chi connectivity index (χ1n) is 5.58.